The highest BCUT2D eigenvalue weighted by Crippen LogP contribution is 2.39. The Labute approximate surface area is 178 Å². The molecule has 2 aromatic carbocycles. The van der Waals surface area contributed by atoms with Crippen molar-refractivity contribution in [3.63, 3.8) is 0 Å². The summed E-state index contributed by atoms with van der Waals surface area (Å²) in [6.45, 7) is 1.90. The number of thioether (sulfide) groups is 1. The number of hydrogen-bond acceptors (Lipinski definition) is 5. The van der Waals surface area contributed by atoms with E-state index in [1.165, 1.54) is 6.92 Å². The van der Waals surface area contributed by atoms with Crippen molar-refractivity contribution in [2.75, 3.05) is 11.1 Å². The summed E-state index contributed by atoms with van der Waals surface area (Å²) in [5.41, 5.74) is 2.56. The molecule has 0 aliphatic carbocycles. The van der Waals surface area contributed by atoms with Gasteiger partial charge in [-0.05, 0) is 48.9 Å². The van der Waals surface area contributed by atoms with E-state index in [2.05, 4.69) is 5.32 Å². The molecule has 0 bridgehead atoms. The van der Waals surface area contributed by atoms with Crippen LogP contribution < -0.4 is 5.32 Å². The minimum absolute atomic E-state index is 0.0573. The molecule has 3 aromatic rings. The van der Waals surface area contributed by atoms with Crippen LogP contribution in [0, 0.1) is 0 Å². The van der Waals surface area contributed by atoms with E-state index in [4.69, 9.17) is 4.42 Å². The number of ketones is 1. The number of carbonyl (C=O) groups excluding carboxylic acids is 3. The van der Waals surface area contributed by atoms with Gasteiger partial charge >= 0.3 is 0 Å². The summed E-state index contributed by atoms with van der Waals surface area (Å²) in [6, 6.07) is 17.7. The molecule has 0 saturated carbocycles. The number of rotatable bonds is 6. The summed E-state index contributed by atoms with van der Waals surface area (Å²) in [7, 11) is 0. The predicted molar refractivity (Wildman–Crippen MR) is 115 cm³/mol. The Kier molecular flexibility index (Phi) is 5.72. The molecule has 6 nitrogen and oxygen atoms in total. The molecule has 0 spiro atoms. The van der Waals surface area contributed by atoms with Crippen LogP contribution in [0.3, 0.4) is 0 Å². The second-order valence-corrected chi connectivity index (χ2v) is 8.05. The summed E-state index contributed by atoms with van der Waals surface area (Å²) in [5, 5.41) is 2.70. The minimum Gasteiger partial charge on any atom is -0.467 e. The third-order valence-electron chi connectivity index (χ3n) is 4.86. The molecule has 1 aliphatic heterocycles. The molecule has 1 atom stereocenters. The summed E-state index contributed by atoms with van der Waals surface area (Å²) in [6.07, 6.45) is 1.59. The van der Waals surface area contributed by atoms with Crippen molar-refractivity contribution in [2.24, 2.45) is 0 Å². The number of carbonyl (C=O) groups is 3. The number of benzene rings is 2. The van der Waals surface area contributed by atoms with Gasteiger partial charge in [0.2, 0.25) is 5.91 Å². The quantitative estimate of drug-likeness (QED) is 0.594. The van der Waals surface area contributed by atoms with Gasteiger partial charge < -0.3 is 14.6 Å². The molecule has 0 radical (unpaired) electrons. The molecule has 0 unspecified atom stereocenters. The van der Waals surface area contributed by atoms with Crippen LogP contribution in [0.1, 0.15) is 44.3 Å². The molecule has 152 valence electrons. The largest absolute Gasteiger partial charge is 0.467 e. The van der Waals surface area contributed by atoms with Crippen LogP contribution in [0.15, 0.2) is 71.3 Å². The monoisotopic (exact) mass is 420 g/mol. The zero-order valence-electron chi connectivity index (χ0n) is 16.3. The fourth-order valence-corrected chi connectivity index (χ4v) is 4.48. The molecule has 30 heavy (non-hydrogen) atoms. The maximum absolute atomic E-state index is 12.6. The molecule has 4 rings (SSSR count). The van der Waals surface area contributed by atoms with E-state index in [1.54, 1.807) is 65.4 Å². The van der Waals surface area contributed by atoms with Gasteiger partial charge in [-0.25, -0.2) is 0 Å². The van der Waals surface area contributed by atoms with Gasteiger partial charge in [0.05, 0.1) is 18.6 Å². The number of nitrogens with zero attached hydrogens (tertiary/aromatic N) is 1. The van der Waals surface area contributed by atoms with Crippen LogP contribution >= 0.6 is 11.8 Å². The van der Waals surface area contributed by atoms with Gasteiger partial charge in [0.25, 0.3) is 5.91 Å². The highest BCUT2D eigenvalue weighted by molar-refractivity contribution is 8.00. The number of amides is 2. The van der Waals surface area contributed by atoms with Crippen molar-refractivity contribution in [3.05, 3.63) is 89.4 Å². The Morgan fingerprint density at radius 1 is 1.10 bits per heavy atom. The standard InChI is InChI=1S/C23H20N2O4S/c1-15(26)18-4-2-5-19(12-18)24-22(28)16-7-9-17(10-8-16)23-25(21(27)14-30-23)13-20-6-3-11-29-20/h2-12,23H,13-14H2,1H3,(H,24,28)/t23-/m0/s1. The molecule has 2 heterocycles. The first kappa shape index (κ1) is 20.0. The second-order valence-electron chi connectivity index (χ2n) is 6.98. The second kappa shape index (κ2) is 8.59. The lowest BCUT2D eigenvalue weighted by atomic mass is 10.1. The fraction of sp³-hybridized carbons (Fsp3) is 0.174. The van der Waals surface area contributed by atoms with Crippen LogP contribution in [-0.2, 0) is 11.3 Å². The van der Waals surface area contributed by atoms with E-state index >= 15 is 0 Å². The smallest absolute Gasteiger partial charge is 0.255 e. The van der Waals surface area contributed by atoms with Gasteiger partial charge in [-0.1, -0.05) is 24.3 Å². The molecule has 1 aliphatic rings. The summed E-state index contributed by atoms with van der Waals surface area (Å²) in [5.74, 6) is 0.899. The zero-order valence-corrected chi connectivity index (χ0v) is 17.1. The van der Waals surface area contributed by atoms with Gasteiger partial charge in [0, 0.05) is 16.8 Å². The van der Waals surface area contributed by atoms with Crippen molar-refractivity contribution >= 4 is 35.0 Å². The number of nitrogens with one attached hydrogen (secondary N) is 1. The van der Waals surface area contributed by atoms with E-state index in [1.807, 2.05) is 18.2 Å². The molecular formula is C23H20N2O4S. The van der Waals surface area contributed by atoms with E-state index in [0.29, 0.717) is 29.1 Å². The van der Waals surface area contributed by atoms with Crippen LogP contribution in [0.5, 0.6) is 0 Å². The zero-order chi connectivity index (χ0) is 21.1. The normalized spacial score (nSPS) is 16.0. The molecule has 7 heteroatoms. The van der Waals surface area contributed by atoms with E-state index < -0.39 is 0 Å². The summed E-state index contributed by atoms with van der Waals surface area (Å²) >= 11 is 1.56. The Bertz CT molecular complexity index is 1080. The Balaban J connectivity index is 1.47. The number of Topliss-reactive ketones (excluding diaryl/α,β-unsaturated/α-hetero) is 1. The van der Waals surface area contributed by atoms with Crippen molar-refractivity contribution < 1.29 is 18.8 Å². The molecule has 1 N–H and O–H groups in total. The highest BCUT2D eigenvalue weighted by Gasteiger charge is 2.33. The van der Waals surface area contributed by atoms with Crippen molar-refractivity contribution in [1.82, 2.24) is 4.90 Å². The third kappa shape index (κ3) is 4.31. The van der Waals surface area contributed by atoms with Crippen LogP contribution in [0.4, 0.5) is 5.69 Å². The van der Waals surface area contributed by atoms with Crippen LogP contribution in [0.25, 0.3) is 0 Å². The highest BCUT2D eigenvalue weighted by atomic mass is 32.2. The molecular weight excluding hydrogens is 400 g/mol. The maximum atomic E-state index is 12.6. The minimum atomic E-state index is -0.259. The average Bonchev–Trinajstić information content (AvgIpc) is 3.39. The van der Waals surface area contributed by atoms with Gasteiger partial charge in [-0.3, -0.25) is 14.4 Å². The average molecular weight is 420 g/mol. The molecule has 2 amide bonds. The first-order valence-corrected chi connectivity index (χ1v) is 10.5. The Morgan fingerprint density at radius 2 is 1.90 bits per heavy atom. The fourth-order valence-electron chi connectivity index (χ4n) is 3.29. The predicted octanol–water partition coefficient (Wildman–Crippen LogP) is 4.51. The molecule has 1 fully saturated rings. The van der Waals surface area contributed by atoms with E-state index in [0.717, 1.165) is 11.3 Å². The first-order valence-electron chi connectivity index (χ1n) is 9.47. The summed E-state index contributed by atoms with van der Waals surface area (Å²) < 4.78 is 5.38. The number of furan rings is 1. The van der Waals surface area contributed by atoms with Crippen LogP contribution in [-0.4, -0.2) is 28.3 Å². The Morgan fingerprint density at radius 3 is 2.60 bits per heavy atom. The number of anilines is 1. The molecule has 1 saturated heterocycles. The van der Waals surface area contributed by atoms with Crippen molar-refractivity contribution in [2.45, 2.75) is 18.8 Å². The first-order chi connectivity index (χ1) is 14.5. The van der Waals surface area contributed by atoms with Crippen LogP contribution in [0.2, 0.25) is 0 Å². The van der Waals surface area contributed by atoms with Gasteiger partial charge in [0.1, 0.15) is 11.1 Å². The summed E-state index contributed by atoms with van der Waals surface area (Å²) in [4.78, 5) is 38.2. The lowest BCUT2D eigenvalue weighted by Gasteiger charge is -2.23. The SMILES string of the molecule is CC(=O)c1cccc(NC(=O)c2ccc([C@@H]3SCC(=O)N3Cc3ccco3)cc2)c1. The van der Waals surface area contributed by atoms with E-state index in [-0.39, 0.29) is 23.0 Å². The van der Waals surface area contributed by atoms with Crippen molar-refractivity contribution in [1.29, 1.82) is 0 Å². The number of hydrogen-bond donors (Lipinski definition) is 1. The maximum Gasteiger partial charge on any atom is 0.255 e. The third-order valence-corrected chi connectivity index (χ3v) is 6.12. The Hall–Kier alpha value is -3.32. The van der Waals surface area contributed by atoms with Crippen molar-refractivity contribution in [3.8, 4) is 0 Å². The lowest BCUT2D eigenvalue weighted by molar-refractivity contribution is -0.128. The van der Waals surface area contributed by atoms with Gasteiger partial charge in [0.15, 0.2) is 5.78 Å². The molecule has 1 aromatic heterocycles. The topological polar surface area (TPSA) is 79.6 Å². The van der Waals surface area contributed by atoms with Gasteiger partial charge in [-0.15, -0.1) is 11.8 Å². The van der Waals surface area contributed by atoms with E-state index in [9.17, 15) is 14.4 Å². The van der Waals surface area contributed by atoms with Gasteiger partial charge in [-0.2, -0.15) is 0 Å². The lowest BCUT2D eigenvalue weighted by Crippen LogP contribution is -2.27.